The zero-order chi connectivity index (χ0) is 19.8. The van der Waals surface area contributed by atoms with E-state index in [0.29, 0.717) is 12.5 Å². The fourth-order valence-corrected chi connectivity index (χ4v) is 4.51. The maximum atomic E-state index is 10.4. The molecule has 0 amide bonds. The second-order valence-electron chi connectivity index (χ2n) is 7.74. The summed E-state index contributed by atoms with van der Waals surface area (Å²) in [5.74, 6) is 1.63. The first-order chi connectivity index (χ1) is 14.2. The summed E-state index contributed by atoms with van der Waals surface area (Å²) < 4.78 is 6.03. The molecule has 4 nitrogen and oxygen atoms in total. The van der Waals surface area contributed by atoms with E-state index < -0.39 is 0 Å². The average molecular weight is 385 g/mol. The number of fused-ring (bicyclic) bond motifs is 3. The van der Waals surface area contributed by atoms with Gasteiger partial charge in [0.15, 0.2) is 0 Å². The van der Waals surface area contributed by atoms with Crippen molar-refractivity contribution < 1.29 is 14.9 Å². The molecule has 0 spiro atoms. The Kier molecular flexibility index (Phi) is 4.39. The summed E-state index contributed by atoms with van der Waals surface area (Å²) >= 11 is 0. The van der Waals surface area contributed by atoms with Crippen LogP contribution in [0.3, 0.4) is 0 Å². The van der Waals surface area contributed by atoms with Crippen LogP contribution in [0, 0.1) is 5.92 Å². The Morgan fingerprint density at radius 2 is 1.79 bits per heavy atom. The molecular formula is C25H23NO3. The van der Waals surface area contributed by atoms with E-state index in [1.165, 1.54) is 11.6 Å². The van der Waals surface area contributed by atoms with Crippen LogP contribution in [0.25, 0.3) is 0 Å². The standard InChI is InChI=1S/C25H23NO3/c27-17-9-11-21(24(28)13-17)25-20-8-4-7-19(20)22-14-18(10-12-23(22)26-25)29-15-16-5-2-1-3-6-16/h1-7,9-14,19-20,25-28H,8,15H2. The number of hydrogen-bond donors (Lipinski definition) is 3. The highest BCUT2D eigenvalue weighted by atomic mass is 16.5. The van der Waals surface area contributed by atoms with Crippen LogP contribution in [0.5, 0.6) is 17.2 Å². The Morgan fingerprint density at radius 3 is 2.62 bits per heavy atom. The third-order valence-electron chi connectivity index (χ3n) is 5.93. The van der Waals surface area contributed by atoms with E-state index >= 15 is 0 Å². The predicted octanol–water partition coefficient (Wildman–Crippen LogP) is 5.50. The molecule has 3 aromatic carbocycles. The summed E-state index contributed by atoms with van der Waals surface area (Å²) in [4.78, 5) is 0. The molecule has 1 heterocycles. The summed E-state index contributed by atoms with van der Waals surface area (Å²) in [6.07, 6.45) is 5.42. The van der Waals surface area contributed by atoms with Gasteiger partial charge in [-0.15, -0.1) is 0 Å². The highest BCUT2D eigenvalue weighted by Gasteiger charge is 2.39. The number of nitrogens with one attached hydrogen (secondary N) is 1. The molecule has 0 aromatic heterocycles. The Hall–Kier alpha value is -3.40. The van der Waals surface area contributed by atoms with Crippen molar-refractivity contribution >= 4 is 5.69 Å². The fourth-order valence-electron chi connectivity index (χ4n) is 4.51. The van der Waals surface area contributed by atoms with Gasteiger partial charge in [-0.2, -0.15) is 0 Å². The molecular weight excluding hydrogens is 362 g/mol. The molecule has 3 atom stereocenters. The van der Waals surface area contributed by atoms with Crippen LogP contribution >= 0.6 is 0 Å². The van der Waals surface area contributed by atoms with Crippen LogP contribution in [-0.2, 0) is 6.61 Å². The molecule has 0 fully saturated rings. The maximum absolute atomic E-state index is 10.4. The number of phenolic OH excluding ortho intramolecular Hbond substituents is 2. The van der Waals surface area contributed by atoms with Crippen LogP contribution < -0.4 is 10.1 Å². The number of benzene rings is 3. The van der Waals surface area contributed by atoms with Crippen molar-refractivity contribution in [3.05, 3.63) is 95.6 Å². The molecule has 4 heteroatoms. The zero-order valence-electron chi connectivity index (χ0n) is 16.0. The molecule has 0 bridgehead atoms. The quantitative estimate of drug-likeness (QED) is 0.519. The summed E-state index contributed by atoms with van der Waals surface area (Å²) in [6.45, 7) is 0.543. The lowest BCUT2D eigenvalue weighted by Crippen LogP contribution is -2.29. The van der Waals surface area contributed by atoms with Gasteiger partial charge in [-0.05, 0) is 53.8 Å². The highest BCUT2D eigenvalue weighted by molar-refractivity contribution is 5.62. The van der Waals surface area contributed by atoms with E-state index in [2.05, 4.69) is 41.7 Å². The van der Waals surface area contributed by atoms with Gasteiger partial charge < -0.3 is 20.3 Å². The normalized spacial score (nSPS) is 21.9. The Balaban J connectivity index is 1.43. The Bertz CT molecular complexity index is 1060. The number of phenols is 2. The molecule has 1 aliphatic carbocycles. The number of anilines is 1. The van der Waals surface area contributed by atoms with Gasteiger partial charge in [0, 0.05) is 23.2 Å². The van der Waals surface area contributed by atoms with E-state index in [9.17, 15) is 10.2 Å². The van der Waals surface area contributed by atoms with Crippen LogP contribution in [0.15, 0.2) is 78.9 Å². The van der Waals surface area contributed by atoms with E-state index in [0.717, 1.165) is 29.0 Å². The Labute approximate surface area is 170 Å². The molecule has 2 aliphatic rings. The third kappa shape index (κ3) is 3.31. The lowest BCUT2D eigenvalue weighted by molar-refractivity contribution is 0.305. The van der Waals surface area contributed by atoms with E-state index in [4.69, 9.17) is 4.74 Å². The van der Waals surface area contributed by atoms with Crippen LogP contribution in [0.4, 0.5) is 5.69 Å². The van der Waals surface area contributed by atoms with Gasteiger partial charge >= 0.3 is 0 Å². The minimum absolute atomic E-state index is 0.0146. The van der Waals surface area contributed by atoms with E-state index in [1.54, 1.807) is 12.1 Å². The molecule has 146 valence electrons. The number of rotatable bonds is 4. The fraction of sp³-hybridized carbons (Fsp3) is 0.200. The van der Waals surface area contributed by atoms with Crippen LogP contribution in [0.1, 0.15) is 35.1 Å². The van der Waals surface area contributed by atoms with Gasteiger partial charge in [0.1, 0.15) is 23.9 Å². The summed E-state index contributed by atoms with van der Waals surface area (Å²) in [6, 6.07) is 21.2. The number of aromatic hydroxyl groups is 2. The molecule has 0 saturated carbocycles. The minimum atomic E-state index is -0.0146. The summed E-state index contributed by atoms with van der Waals surface area (Å²) in [7, 11) is 0. The molecule has 0 radical (unpaired) electrons. The first-order valence-corrected chi connectivity index (χ1v) is 9.95. The van der Waals surface area contributed by atoms with E-state index in [1.807, 2.05) is 24.3 Å². The van der Waals surface area contributed by atoms with Crippen molar-refractivity contribution in [2.45, 2.75) is 25.0 Å². The topological polar surface area (TPSA) is 61.7 Å². The maximum Gasteiger partial charge on any atom is 0.124 e. The minimum Gasteiger partial charge on any atom is -0.508 e. The highest BCUT2D eigenvalue weighted by Crippen LogP contribution is 2.51. The number of hydrogen-bond acceptors (Lipinski definition) is 4. The Morgan fingerprint density at radius 1 is 0.931 bits per heavy atom. The van der Waals surface area contributed by atoms with Crippen LogP contribution in [-0.4, -0.2) is 10.2 Å². The van der Waals surface area contributed by atoms with E-state index in [-0.39, 0.29) is 23.5 Å². The molecule has 5 rings (SSSR count). The summed E-state index contributed by atoms with van der Waals surface area (Å²) in [5, 5.41) is 23.6. The van der Waals surface area contributed by atoms with Crippen molar-refractivity contribution in [2.24, 2.45) is 5.92 Å². The van der Waals surface area contributed by atoms with Crippen molar-refractivity contribution in [1.29, 1.82) is 0 Å². The number of ether oxygens (including phenoxy) is 1. The van der Waals surface area contributed by atoms with Gasteiger partial charge in [0.25, 0.3) is 0 Å². The van der Waals surface area contributed by atoms with Gasteiger partial charge in [0.2, 0.25) is 0 Å². The van der Waals surface area contributed by atoms with Crippen molar-refractivity contribution in [3.63, 3.8) is 0 Å². The molecule has 1 aliphatic heterocycles. The average Bonchev–Trinajstić information content (AvgIpc) is 3.23. The number of allylic oxidation sites excluding steroid dienone is 2. The van der Waals surface area contributed by atoms with Gasteiger partial charge in [0.05, 0.1) is 6.04 Å². The molecule has 3 aromatic rings. The van der Waals surface area contributed by atoms with Crippen molar-refractivity contribution in [1.82, 2.24) is 0 Å². The van der Waals surface area contributed by atoms with Crippen LogP contribution in [0.2, 0.25) is 0 Å². The monoisotopic (exact) mass is 385 g/mol. The second kappa shape index (κ2) is 7.21. The molecule has 3 unspecified atom stereocenters. The van der Waals surface area contributed by atoms with Gasteiger partial charge in [-0.1, -0.05) is 42.5 Å². The summed E-state index contributed by atoms with van der Waals surface area (Å²) in [5.41, 5.74) is 4.24. The van der Waals surface area contributed by atoms with Crippen molar-refractivity contribution in [3.8, 4) is 17.2 Å². The SMILES string of the molecule is Oc1ccc(C2Nc3ccc(OCc4ccccc4)cc3C3C=CCC32)c(O)c1. The van der Waals surface area contributed by atoms with Gasteiger partial charge in [-0.3, -0.25) is 0 Å². The molecule has 29 heavy (non-hydrogen) atoms. The first-order valence-electron chi connectivity index (χ1n) is 9.95. The third-order valence-corrected chi connectivity index (χ3v) is 5.93. The molecule has 3 N–H and O–H groups in total. The largest absolute Gasteiger partial charge is 0.508 e. The second-order valence-corrected chi connectivity index (χ2v) is 7.74. The zero-order valence-corrected chi connectivity index (χ0v) is 16.0. The predicted molar refractivity (Wildman–Crippen MR) is 113 cm³/mol. The lowest BCUT2D eigenvalue weighted by Gasteiger charge is -2.37. The lowest BCUT2D eigenvalue weighted by atomic mass is 9.77. The first kappa shape index (κ1) is 17.7. The van der Waals surface area contributed by atoms with Gasteiger partial charge in [-0.25, -0.2) is 0 Å². The van der Waals surface area contributed by atoms with Crippen molar-refractivity contribution in [2.75, 3.05) is 5.32 Å². The smallest absolute Gasteiger partial charge is 0.124 e. The molecule has 0 saturated heterocycles.